The van der Waals surface area contributed by atoms with Gasteiger partial charge >= 0.3 is 0 Å². The van der Waals surface area contributed by atoms with Gasteiger partial charge in [0.2, 0.25) is 11.7 Å². The normalized spacial score (nSPS) is 17.4. The summed E-state index contributed by atoms with van der Waals surface area (Å²) in [4.78, 5) is 29.4. The summed E-state index contributed by atoms with van der Waals surface area (Å²) < 4.78 is 29.1. The number of β-lactam (4-membered cyclic amide) rings is 1. The number of ether oxygens (including phenoxy) is 3. The van der Waals surface area contributed by atoms with E-state index in [1.165, 1.54) is 33.5 Å². The molecule has 2 fully saturated rings. The third-order valence-corrected chi connectivity index (χ3v) is 6.22. The highest BCUT2D eigenvalue weighted by Crippen LogP contribution is 2.44. The van der Waals surface area contributed by atoms with Crippen molar-refractivity contribution >= 4 is 17.5 Å². The van der Waals surface area contributed by atoms with Gasteiger partial charge in [-0.3, -0.25) is 9.59 Å². The maximum absolute atomic E-state index is 13.2. The number of piperidine rings is 1. The molecule has 0 atom stereocenters. The molecule has 0 unspecified atom stereocenters. The number of amides is 2. The molecule has 0 saturated carbocycles. The van der Waals surface area contributed by atoms with Crippen LogP contribution in [0.3, 0.4) is 0 Å². The zero-order chi connectivity index (χ0) is 22.2. The van der Waals surface area contributed by atoms with E-state index in [0.29, 0.717) is 61.0 Å². The lowest BCUT2D eigenvalue weighted by molar-refractivity contribution is -0.138. The quantitative estimate of drug-likeness (QED) is 0.685. The molecule has 4 rings (SSSR count). The van der Waals surface area contributed by atoms with E-state index in [1.807, 2.05) is 0 Å². The van der Waals surface area contributed by atoms with Crippen molar-refractivity contribution in [2.24, 2.45) is 5.41 Å². The highest BCUT2D eigenvalue weighted by Gasteiger charge is 2.53. The second-order valence-electron chi connectivity index (χ2n) is 7.85. The largest absolute Gasteiger partial charge is 0.493 e. The zero-order valence-electron chi connectivity index (χ0n) is 17.8. The zero-order valence-corrected chi connectivity index (χ0v) is 17.8. The second-order valence-corrected chi connectivity index (χ2v) is 7.85. The third-order valence-electron chi connectivity index (χ3n) is 6.22. The van der Waals surface area contributed by atoms with Gasteiger partial charge in [-0.25, -0.2) is 4.39 Å². The third kappa shape index (κ3) is 3.56. The molecule has 8 heteroatoms. The minimum absolute atomic E-state index is 0.0407. The van der Waals surface area contributed by atoms with Gasteiger partial charge in [0.05, 0.1) is 26.7 Å². The molecule has 0 radical (unpaired) electrons. The van der Waals surface area contributed by atoms with Gasteiger partial charge in [-0.1, -0.05) is 0 Å². The summed E-state index contributed by atoms with van der Waals surface area (Å²) in [6.45, 7) is 1.56. The Morgan fingerprint density at radius 2 is 1.55 bits per heavy atom. The van der Waals surface area contributed by atoms with Crippen molar-refractivity contribution in [2.45, 2.75) is 12.8 Å². The molecule has 2 heterocycles. The molecule has 0 aliphatic carbocycles. The Hall–Kier alpha value is -3.29. The van der Waals surface area contributed by atoms with Gasteiger partial charge in [-0.2, -0.15) is 0 Å². The average molecular weight is 428 g/mol. The number of carbonyl (C=O) groups excluding carboxylic acids is 2. The molecule has 0 bridgehead atoms. The number of hydrogen-bond acceptors (Lipinski definition) is 5. The van der Waals surface area contributed by atoms with Crippen molar-refractivity contribution in [3.8, 4) is 17.2 Å². The number of likely N-dealkylation sites (tertiary alicyclic amines) is 1. The number of rotatable bonds is 5. The number of anilines is 1. The molecule has 164 valence electrons. The van der Waals surface area contributed by atoms with Crippen LogP contribution in [0.25, 0.3) is 0 Å². The maximum atomic E-state index is 13.2. The van der Waals surface area contributed by atoms with Gasteiger partial charge in [-0.15, -0.1) is 0 Å². The SMILES string of the molecule is COc1cc(C(=O)N2CCC3(CC2)CN(c2ccc(F)cc2)C3=O)cc(OC)c1OC. The molecule has 2 saturated heterocycles. The number of methoxy groups -OCH3 is 3. The average Bonchev–Trinajstić information content (AvgIpc) is 2.81. The minimum atomic E-state index is -0.444. The van der Waals surface area contributed by atoms with Crippen LogP contribution in [0.15, 0.2) is 36.4 Å². The number of halogens is 1. The van der Waals surface area contributed by atoms with Crippen molar-refractivity contribution < 1.29 is 28.2 Å². The molecule has 2 amide bonds. The molecule has 0 N–H and O–H groups in total. The topological polar surface area (TPSA) is 68.3 Å². The van der Waals surface area contributed by atoms with Crippen molar-refractivity contribution in [1.29, 1.82) is 0 Å². The number of hydrogen-bond donors (Lipinski definition) is 0. The summed E-state index contributed by atoms with van der Waals surface area (Å²) in [7, 11) is 4.52. The minimum Gasteiger partial charge on any atom is -0.493 e. The first-order valence-corrected chi connectivity index (χ1v) is 10.1. The van der Waals surface area contributed by atoms with E-state index in [0.717, 1.165) is 0 Å². The number of benzene rings is 2. The second kappa shape index (κ2) is 8.09. The van der Waals surface area contributed by atoms with E-state index in [4.69, 9.17) is 14.2 Å². The molecular weight excluding hydrogens is 403 g/mol. The highest BCUT2D eigenvalue weighted by molar-refractivity contribution is 6.05. The van der Waals surface area contributed by atoms with Crippen LogP contribution in [0.1, 0.15) is 23.2 Å². The Labute approximate surface area is 180 Å². The summed E-state index contributed by atoms with van der Waals surface area (Å²) in [6, 6.07) is 9.21. The first-order chi connectivity index (χ1) is 14.9. The van der Waals surface area contributed by atoms with Crippen LogP contribution in [0, 0.1) is 11.2 Å². The first kappa shape index (κ1) is 21.0. The monoisotopic (exact) mass is 428 g/mol. The van der Waals surface area contributed by atoms with Crippen molar-refractivity contribution in [2.75, 3.05) is 45.9 Å². The lowest BCUT2D eigenvalue weighted by Gasteiger charge is -2.52. The van der Waals surface area contributed by atoms with E-state index < -0.39 is 5.41 Å². The fraction of sp³-hybridized carbons (Fsp3) is 0.391. The summed E-state index contributed by atoms with van der Waals surface area (Å²) in [5, 5.41) is 0. The lowest BCUT2D eigenvalue weighted by Crippen LogP contribution is -2.65. The Morgan fingerprint density at radius 3 is 2.03 bits per heavy atom. The Morgan fingerprint density at radius 1 is 0.968 bits per heavy atom. The van der Waals surface area contributed by atoms with Crippen LogP contribution in [0.5, 0.6) is 17.2 Å². The summed E-state index contributed by atoms with van der Waals surface area (Å²) in [5.74, 6) is 0.839. The van der Waals surface area contributed by atoms with Gasteiger partial charge in [0.1, 0.15) is 5.82 Å². The molecular formula is C23H25FN2O5. The number of nitrogens with zero attached hydrogens (tertiary/aromatic N) is 2. The predicted molar refractivity (Wildman–Crippen MR) is 112 cm³/mol. The van der Waals surface area contributed by atoms with E-state index in [1.54, 1.807) is 34.1 Å². The van der Waals surface area contributed by atoms with Gasteiger partial charge in [0.25, 0.3) is 5.91 Å². The molecule has 1 spiro atoms. The summed E-state index contributed by atoms with van der Waals surface area (Å²) in [6.07, 6.45) is 1.19. The Balaban J connectivity index is 1.44. The van der Waals surface area contributed by atoms with Crippen LogP contribution < -0.4 is 19.1 Å². The molecule has 0 aromatic heterocycles. The number of carbonyl (C=O) groups is 2. The van der Waals surface area contributed by atoms with Crippen molar-refractivity contribution in [3.63, 3.8) is 0 Å². The van der Waals surface area contributed by atoms with Crippen LogP contribution in [0.4, 0.5) is 10.1 Å². The molecule has 2 aromatic carbocycles. The summed E-state index contributed by atoms with van der Waals surface area (Å²) in [5.41, 5.74) is 0.701. The maximum Gasteiger partial charge on any atom is 0.254 e. The van der Waals surface area contributed by atoms with E-state index >= 15 is 0 Å². The molecule has 31 heavy (non-hydrogen) atoms. The van der Waals surface area contributed by atoms with Crippen LogP contribution in [-0.4, -0.2) is 57.7 Å². The predicted octanol–water partition coefficient (Wildman–Crippen LogP) is 3.12. The van der Waals surface area contributed by atoms with Crippen molar-refractivity contribution in [3.05, 3.63) is 47.8 Å². The van der Waals surface area contributed by atoms with Crippen molar-refractivity contribution in [1.82, 2.24) is 4.90 Å². The van der Waals surface area contributed by atoms with Gasteiger partial charge in [0.15, 0.2) is 11.5 Å². The standard InChI is InChI=1S/C23H25FN2O5/c1-29-18-12-15(13-19(30-2)20(18)31-3)21(27)25-10-8-23(9-11-25)14-26(22(23)28)17-6-4-16(24)5-7-17/h4-7,12-13H,8-11,14H2,1-3H3. The van der Waals surface area contributed by atoms with E-state index in [-0.39, 0.29) is 17.6 Å². The highest BCUT2D eigenvalue weighted by atomic mass is 19.1. The first-order valence-electron chi connectivity index (χ1n) is 10.1. The van der Waals surface area contributed by atoms with Gasteiger partial charge in [-0.05, 0) is 49.2 Å². The molecule has 7 nitrogen and oxygen atoms in total. The molecule has 2 aromatic rings. The molecule has 2 aliphatic rings. The van der Waals surface area contributed by atoms with Crippen LogP contribution >= 0.6 is 0 Å². The lowest BCUT2D eigenvalue weighted by atomic mass is 9.70. The Kier molecular flexibility index (Phi) is 5.47. The smallest absolute Gasteiger partial charge is 0.254 e. The van der Waals surface area contributed by atoms with Crippen LogP contribution in [0.2, 0.25) is 0 Å². The van der Waals surface area contributed by atoms with E-state index in [9.17, 15) is 14.0 Å². The fourth-order valence-electron chi connectivity index (χ4n) is 4.36. The van der Waals surface area contributed by atoms with Crippen LogP contribution in [-0.2, 0) is 4.79 Å². The van der Waals surface area contributed by atoms with Gasteiger partial charge < -0.3 is 24.0 Å². The fourth-order valence-corrected chi connectivity index (χ4v) is 4.36. The van der Waals surface area contributed by atoms with Gasteiger partial charge in [0, 0.05) is 30.9 Å². The Bertz CT molecular complexity index is 975. The van der Waals surface area contributed by atoms with E-state index in [2.05, 4.69) is 0 Å². The summed E-state index contributed by atoms with van der Waals surface area (Å²) >= 11 is 0. The molecule has 2 aliphatic heterocycles.